The molecule has 4 aromatic heterocycles. The fourth-order valence-electron chi connectivity index (χ4n) is 4.10. The second kappa shape index (κ2) is 6.48. The third kappa shape index (κ3) is 2.70. The van der Waals surface area contributed by atoms with Gasteiger partial charge in [-0.3, -0.25) is 4.98 Å². The quantitative estimate of drug-likeness (QED) is 0.420. The van der Waals surface area contributed by atoms with Crippen molar-refractivity contribution in [3.05, 3.63) is 73.4 Å². The van der Waals surface area contributed by atoms with Crippen LogP contribution >= 0.6 is 0 Å². The van der Waals surface area contributed by atoms with Crippen LogP contribution in [0.25, 0.3) is 44.5 Å². The fourth-order valence-corrected chi connectivity index (χ4v) is 4.10. The average molecular weight is 377 g/mol. The molecule has 0 amide bonds. The number of hydrogen-bond acceptors (Lipinski definition) is 4. The molecule has 1 fully saturated rings. The third-order valence-electron chi connectivity index (χ3n) is 5.89. The van der Waals surface area contributed by atoms with Gasteiger partial charge in [0.1, 0.15) is 12.0 Å². The van der Waals surface area contributed by atoms with E-state index in [1.165, 1.54) is 24.8 Å². The second-order valence-electron chi connectivity index (χ2n) is 7.61. The summed E-state index contributed by atoms with van der Waals surface area (Å²) in [4.78, 5) is 18.2. The number of pyridine rings is 2. The van der Waals surface area contributed by atoms with Crippen LogP contribution in [0.5, 0.6) is 0 Å². The molecule has 1 aliphatic rings. The van der Waals surface area contributed by atoms with E-state index in [0.717, 1.165) is 38.9 Å². The van der Waals surface area contributed by atoms with Crippen molar-refractivity contribution in [2.75, 3.05) is 0 Å². The Hall–Kier alpha value is -3.60. The summed E-state index contributed by atoms with van der Waals surface area (Å²) in [5, 5.41) is 2.21. The Morgan fingerprint density at radius 1 is 0.931 bits per heavy atom. The number of aromatic nitrogens is 5. The molecule has 1 saturated carbocycles. The SMILES string of the molecule is c1ccc(-c2ccc3ccc(-c4cn(C5CCC5)c5ncncc45)cc3n2)nc1. The minimum absolute atomic E-state index is 0.551. The van der Waals surface area contributed by atoms with Gasteiger partial charge in [-0.05, 0) is 49.1 Å². The molecule has 4 heterocycles. The van der Waals surface area contributed by atoms with Gasteiger partial charge in [-0.15, -0.1) is 0 Å². The highest BCUT2D eigenvalue weighted by Crippen LogP contribution is 2.38. The van der Waals surface area contributed by atoms with Gasteiger partial charge in [0.05, 0.1) is 16.9 Å². The van der Waals surface area contributed by atoms with E-state index in [1.54, 1.807) is 12.5 Å². The van der Waals surface area contributed by atoms with Crippen LogP contribution in [0.15, 0.2) is 73.4 Å². The van der Waals surface area contributed by atoms with Crippen molar-refractivity contribution >= 4 is 21.9 Å². The van der Waals surface area contributed by atoms with Gasteiger partial charge < -0.3 is 4.57 Å². The Balaban J connectivity index is 1.51. The van der Waals surface area contributed by atoms with E-state index < -0.39 is 0 Å². The van der Waals surface area contributed by atoms with Gasteiger partial charge >= 0.3 is 0 Å². The molecule has 0 atom stereocenters. The molecule has 5 heteroatoms. The highest BCUT2D eigenvalue weighted by atomic mass is 15.1. The number of nitrogens with zero attached hydrogens (tertiary/aromatic N) is 5. The van der Waals surface area contributed by atoms with Gasteiger partial charge in [-0.2, -0.15) is 0 Å². The maximum atomic E-state index is 4.88. The highest BCUT2D eigenvalue weighted by molar-refractivity contribution is 5.96. The summed E-state index contributed by atoms with van der Waals surface area (Å²) in [6, 6.07) is 17.0. The van der Waals surface area contributed by atoms with Crippen molar-refractivity contribution in [3.63, 3.8) is 0 Å². The van der Waals surface area contributed by atoms with Gasteiger partial charge in [0.25, 0.3) is 0 Å². The van der Waals surface area contributed by atoms with Crippen molar-refractivity contribution < 1.29 is 0 Å². The first-order valence-corrected chi connectivity index (χ1v) is 10.00. The fraction of sp³-hybridized carbons (Fsp3) is 0.167. The molecule has 0 saturated heterocycles. The Kier molecular flexibility index (Phi) is 3.66. The van der Waals surface area contributed by atoms with E-state index in [2.05, 4.69) is 50.0 Å². The van der Waals surface area contributed by atoms with Crippen LogP contribution in [0.2, 0.25) is 0 Å². The summed E-state index contributed by atoms with van der Waals surface area (Å²) < 4.78 is 2.33. The minimum Gasteiger partial charge on any atom is -0.329 e. The molecular formula is C24H19N5. The van der Waals surface area contributed by atoms with E-state index in [9.17, 15) is 0 Å². The molecule has 1 aromatic carbocycles. The molecule has 140 valence electrons. The first kappa shape index (κ1) is 16.4. The zero-order chi connectivity index (χ0) is 19.2. The van der Waals surface area contributed by atoms with E-state index in [4.69, 9.17) is 4.98 Å². The van der Waals surface area contributed by atoms with Crippen LogP contribution in [0.1, 0.15) is 25.3 Å². The van der Waals surface area contributed by atoms with Crippen molar-refractivity contribution in [2.24, 2.45) is 0 Å². The van der Waals surface area contributed by atoms with Crippen LogP contribution in [-0.4, -0.2) is 24.5 Å². The monoisotopic (exact) mass is 377 g/mol. The van der Waals surface area contributed by atoms with Gasteiger partial charge in [0.15, 0.2) is 0 Å². The third-order valence-corrected chi connectivity index (χ3v) is 5.89. The number of fused-ring (bicyclic) bond motifs is 2. The normalized spacial score (nSPS) is 14.3. The van der Waals surface area contributed by atoms with Crippen LogP contribution < -0.4 is 0 Å². The molecule has 29 heavy (non-hydrogen) atoms. The van der Waals surface area contributed by atoms with Crippen molar-refractivity contribution in [1.82, 2.24) is 24.5 Å². The summed E-state index contributed by atoms with van der Waals surface area (Å²) in [7, 11) is 0. The highest BCUT2D eigenvalue weighted by Gasteiger charge is 2.23. The maximum absolute atomic E-state index is 4.88. The lowest BCUT2D eigenvalue weighted by atomic mass is 9.93. The predicted octanol–water partition coefficient (Wildman–Crippen LogP) is 5.43. The molecule has 1 aliphatic carbocycles. The Morgan fingerprint density at radius 3 is 2.69 bits per heavy atom. The van der Waals surface area contributed by atoms with Crippen LogP contribution in [0.3, 0.4) is 0 Å². The Bertz CT molecular complexity index is 1340. The summed E-state index contributed by atoms with van der Waals surface area (Å²) in [5.41, 5.74) is 6.06. The summed E-state index contributed by atoms with van der Waals surface area (Å²) in [5.74, 6) is 0. The largest absolute Gasteiger partial charge is 0.329 e. The van der Waals surface area contributed by atoms with Gasteiger partial charge in [-0.25, -0.2) is 15.0 Å². The standard InChI is InChI=1S/C24H19N5/c1-2-11-26-21(6-1)22-10-9-16-7-8-17(12-23(16)28-22)20-14-29(18-4-3-5-18)24-19(20)13-25-15-27-24/h1-2,6-15,18H,3-5H2. The molecule has 0 spiro atoms. The van der Waals surface area contributed by atoms with Crippen molar-refractivity contribution in [3.8, 4) is 22.5 Å². The smallest absolute Gasteiger partial charge is 0.144 e. The molecule has 5 aromatic rings. The molecule has 0 radical (unpaired) electrons. The van der Waals surface area contributed by atoms with Gasteiger partial charge in [-0.1, -0.05) is 24.3 Å². The lowest BCUT2D eigenvalue weighted by Crippen LogP contribution is -2.16. The van der Waals surface area contributed by atoms with E-state index >= 15 is 0 Å². The van der Waals surface area contributed by atoms with Gasteiger partial charge in [0.2, 0.25) is 0 Å². The molecule has 0 N–H and O–H groups in total. The summed E-state index contributed by atoms with van der Waals surface area (Å²) >= 11 is 0. The molecular weight excluding hydrogens is 358 g/mol. The Labute approximate surface area is 168 Å². The molecule has 5 nitrogen and oxygen atoms in total. The summed E-state index contributed by atoms with van der Waals surface area (Å²) in [6.07, 6.45) is 11.3. The van der Waals surface area contributed by atoms with Crippen LogP contribution in [0, 0.1) is 0 Å². The van der Waals surface area contributed by atoms with E-state index in [0.29, 0.717) is 6.04 Å². The Morgan fingerprint density at radius 2 is 1.86 bits per heavy atom. The predicted molar refractivity (Wildman–Crippen MR) is 114 cm³/mol. The lowest BCUT2D eigenvalue weighted by Gasteiger charge is -2.27. The average Bonchev–Trinajstić information content (AvgIpc) is 3.12. The summed E-state index contributed by atoms with van der Waals surface area (Å²) in [6.45, 7) is 0. The minimum atomic E-state index is 0.551. The van der Waals surface area contributed by atoms with Crippen molar-refractivity contribution in [2.45, 2.75) is 25.3 Å². The number of rotatable bonds is 3. The van der Waals surface area contributed by atoms with Crippen LogP contribution in [0.4, 0.5) is 0 Å². The number of benzene rings is 1. The first-order chi connectivity index (χ1) is 14.4. The van der Waals surface area contributed by atoms with Crippen molar-refractivity contribution in [1.29, 1.82) is 0 Å². The zero-order valence-corrected chi connectivity index (χ0v) is 15.9. The molecule has 0 unspecified atom stereocenters. The van der Waals surface area contributed by atoms with Gasteiger partial charge in [0, 0.05) is 41.0 Å². The second-order valence-corrected chi connectivity index (χ2v) is 7.61. The van der Waals surface area contributed by atoms with Crippen LogP contribution in [-0.2, 0) is 0 Å². The zero-order valence-electron chi connectivity index (χ0n) is 15.9. The molecule has 6 rings (SSSR count). The first-order valence-electron chi connectivity index (χ1n) is 10.00. The topological polar surface area (TPSA) is 56.5 Å². The number of hydrogen-bond donors (Lipinski definition) is 0. The maximum Gasteiger partial charge on any atom is 0.144 e. The molecule has 0 aliphatic heterocycles. The lowest BCUT2D eigenvalue weighted by molar-refractivity contribution is 0.320. The van der Waals surface area contributed by atoms with E-state index in [1.807, 2.05) is 30.5 Å². The molecule has 0 bridgehead atoms. The van der Waals surface area contributed by atoms with E-state index in [-0.39, 0.29) is 0 Å².